The Morgan fingerprint density at radius 2 is 2.16 bits per heavy atom. The minimum atomic E-state index is 0.0749. The smallest absolute Gasteiger partial charge is 0.254 e. The molecule has 2 rings (SSSR count). The maximum Gasteiger partial charge on any atom is 0.254 e. The first-order chi connectivity index (χ1) is 9.20. The van der Waals surface area contributed by atoms with Gasteiger partial charge in [-0.2, -0.15) is 0 Å². The standard InChI is InChI=1S/C14H18N2O2S/c1-15-5-7-16(8-6-15)14(18)12-10-13(19-11-12)4-2-3-9-17/h10-11,17H,3,5-9H2,1H3. The van der Waals surface area contributed by atoms with E-state index in [1.165, 1.54) is 11.3 Å². The summed E-state index contributed by atoms with van der Waals surface area (Å²) in [5.41, 5.74) is 0.725. The molecule has 1 aliphatic rings. The van der Waals surface area contributed by atoms with E-state index in [2.05, 4.69) is 23.8 Å². The molecule has 1 aromatic rings. The van der Waals surface area contributed by atoms with E-state index < -0.39 is 0 Å². The number of hydrogen-bond acceptors (Lipinski definition) is 4. The van der Waals surface area contributed by atoms with Crippen LogP contribution in [0.3, 0.4) is 0 Å². The molecule has 0 atom stereocenters. The van der Waals surface area contributed by atoms with Crippen molar-refractivity contribution < 1.29 is 9.90 Å². The molecule has 1 aromatic heterocycles. The average molecular weight is 278 g/mol. The lowest BCUT2D eigenvalue weighted by Gasteiger charge is -2.32. The van der Waals surface area contributed by atoms with Crippen molar-refractivity contribution in [2.75, 3.05) is 39.8 Å². The number of aliphatic hydroxyl groups is 1. The van der Waals surface area contributed by atoms with Gasteiger partial charge < -0.3 is 14.9 Å². The summed E-state index contributed by atoms with van der Waals surface area (Å²) in [5.74, 6) is 5.92. The summed E-state index contributed by atoms with van der Waals surface area (Å²) in [6, 6.07) is 1.84. The largest absolute Gasteiger partial charge is 0.395 e. The zero-order valence-electron chi connectivity index (χ0n) is 11.1. The van der Waals surface area contributed by atoms with Gasteiger partial charge in [-0.1, -0.05) is 11.8 Å². The van der Waals surface area contributed by atoms with Crippen LogP contribution in [0.25, 0.3) is 0 Å². The lowest BCUT2D eigenvalue weighted by atomic mass is 10.2. The molecule has 5 heteroatoms. The summed E-state index contributed by atoms with van der Waals surface area (Å²) in [5, 5.41) is 10.5. The molecular weight excluding hydrogens is 260 g/mol. The molecule has 2 heterocycles. The molecular formula is C14H18N2O2S. The lowest BCUT2D eigenvalue weighted by Crippen LogP contribution is -2.47. The second kappa shape index (κ2) is 6.71. The van der Waals surface area contributed by atoms with Crippen molar-refractivity contribution in [1.29, 1.82) is 0 Å². The van der Waals surface area contributed by atoms with E-state index >= 15 is 0 Å². The normalized spacial score (nSPS) is 16.0. The van der Waals surface area contributed by atoms with Crippen LogP contribution in [0.15, 0.2) is 11.4 Å². The molecule has 4 nitrogen and oxygen atoms in total. The van der Waals surface area contributed by atoms with Crippen LogP contribution < -0.4 is 0 Å². The molecule has 0 radical (unpaired) electrons. The Bertz CT molecular complexity index is 493. The van der Waals surface area contributed by atoms with E-state index in [0.29, 0.717) is 6.42 Å². The number of hydrogen-bond donors (Lipinski definition) is 1. The van der Waals surface area contributed by atoms with Crippen molar-refractivity contribution in [3.63, 3.8) is 0 Å². The summed E-state index contributed by atoms with van der Waals surface area (Å²) < 4.78 is 0. The van der Waals surface area contributed by atoms with Crippen molar-refractivity contribution in [2.24, 2.45) is 0 Å². The van der Waals surface area contributed by atoms with E-state index in [4.69, 9.17) is 5.11 Å². The predicted octanol–water partition coefficient (Wildman–Crippen LogP) is 0.870. The van der Waals surface area contributed by atoms with Gasteiger partial charge in [0, 0.05) is 38.0 Å². The first kappa shape index (κ1) is 14.1. The van der Waals surface area contributed by atoms with Crippen LogP contribution in [-0.2, 0) is 0 Å². The molecule has 19 heavy (non-hydrogen) atoms. The summed E-state index contributed by atoms with van der Waals surface area (Å²) in [6.45, 7) is 3.51. The van der Waals surface area contributed by atoms with Crippen LogP contribution >= 0.6 is 11.3 Å². The van der Waals surface area contributed by atoms with Crippen molar-refractivity contribution in [1.82, 2.24) is 9.80 Å². The van der Waals surface area contributed by atoms with Gasteiger partial charge in [0.15, 0.2) is 0 Å². The van der Waals surface area contributed by atoms with Crippen molar-refractivity contribution in [3.05, 3.63) is 21.9 Å². The third-order valence-corrected chi connectivity index (χ3v) is 3.93. The molecule has 0 unspecified atom stereocenters. The van der Waals surface area contributed by atoms with Crippen molar-refractivity contribution in [2.45, 2.75) is 6.42 Å². The van der Waals surface area contributed by atoms with E-state index in [1.807, 2.05) is 16.3 Å². The number of carbonyl (C=O) groups is 1. The Kier molecular flexibility index (Phi) is 4.97. The number of thiophene rings is 1. The number of likely N-dealkylation sites (N-methyl/N-ethyl adjacent to an activating group) is 1. The Morgan fingerprint density at radius 3 is 2.84 bits per heavy atom. The van der Waals surface area contributed by atoms with E-state index in [9.17, 15) is 4.79 Å². The van der Waals surface area contributed by atoms with Gasteiger partial charge in [0.25, 0.3) is 5.91 Å². The Morgan fingerprint density at radius 1 is 1.42 bits per heavy atom. The zero-order valence-corrected chi connectivity index (χ0v) is 11.9. The maximum absolute atomic E-state index is 12.3. The first-order valence-corrected chi connectivity index (χ1v) is 7.25. The molecule has 1 saturated heterocycles. The Balaban J connectivity index is 1.98. The topological polar surface area (TPSA) is 43.8 Å². The predicted molar refractivity (Wildman–Crippen MR) is 76.3 cm³/mol. The molecule has 1 fully saturated rings. The van der Waals surface area contributed by atoms with Crippen LogP contribution in [0.2, 0.25) is 0 Å². The fourth-order valence-electron chi connectivity index (χ4n) is 1.91. The molecule has 0 aromatic carbocycles. The zero-order chi connectivity index (χ0) is 13.7. The third kappa shape index (κ3) is 3.80. The summed E-state index contributed by atoms with van der Waals surface area (Å²) in [4.78, 5) is 17.3. The quantitative estimate of drug-likeness (QED) is 0.816. The highest BCUT2D eigenvalue weighted by Crippen LogP contribution is 2.16. The minimum Gasteiger partial charge on any atom is -0.395 e. The number of nitrogens with zero attached hydrogens (tertiary/aromatic N) is 2. The number of amides is 1. The molecule has 1 aliphatic heterocycles. The highest BCUT2D eigenvalue weighted by molar-refractivity contribution is 7.10. The number of rotatable bonds is 2. The highest BCUT2D eigenvalue weighted by atomic mass is 32.1. The van der Waals surface area contributed by atoms with Crippen LogP contribution in [0.1, 0.15) is 21.7 Å². The van der Waals surface area contributed by atoms with Gasteiger partial charge in [0.2, 0.25) is 0 Å². The van der Waals surface area contributed by atoms with Crippen molar-refractivity contribution >= 4 is 17.2 Å². The number of carbonyl (C=O) groups excluding carboxylic acids is 1. The fourth-order valence-corrected chi connectivity index (χ4v) is 2.66. The molecule has 1 amide bonds. The van der Waals surface area contributed by atoms with Gasteiger partial charge in [0.1, 0.15) is 0 Å². The van der Waals surface area contributed by atoms with Gasteiger partial charge in [0.05, 0.1) is 17.0 Å². The Labute approximate surface area is 117 Å². The average Bonchev–Trinajstić information content (AvgIpc) is 2.88. The number of aliphatic hydroxyl groups excluding tert-OH is 1. The molecule has 102 valence electrons. The van der Waals surface area contributed by atoms with Gasteiger partial charge in [-0.05, 0) is 13.1 Å². The van der Waals surface area contributed by atoms with Gasteiger partial charge in [-0.25, -0.2) is 0 Å². The van der Waals surface area contributed by atoms with E-state index in [1.54, 1.807) is 0 Å². The van der Waals surface area contributed by atoms with Gasteiger partial charge >= 0.3 is 0 Å². The molecule has 0 saturated carbocycles. The molecule has 1 N–H and O–H groups in total. The third-order valence-electron chi connectivity index (χ3n) is 3.09. The first-order valence-electron chi connectivity index (χ1n) is 6.37. The Hall–Kier alpha value is -1.35. The summed E-state index contributed by atoms with van der Waals surface area (Å²) in [7, 11) is 2.07. The summed E-state index contributed by atoms with van der Waals surface area (Å²) in [6.07, 6.45) is 0.472. The SMILES string of the molecule is CN1CCN(C(=O)c2csc(C#CCCO)c2)CC1. The molecule has 0 bridgehead atoms. The van der Waals surface area contributed by atoms with E-state index in [-0.39, 0.29) is 12.5 Å². The second-order valence-corrected chi connectivity index (χ2v) is 5.48. The van der Waals surface area contributed by atoms with Crippen LogP contribution in [0, 0.1) is 11.8 Å². The second-order valence-electron chi connectivity index (χ2n) is 4.57. The summed E-state index contributed by atoms with van der Waals surface area (Å²) >= 11 is 1.48. The minimum absolute atomic E-state index is 0.0749. The molecule has 0 spiro atoms. The fraction of sp³-hybridized carbons (Fsp3) is 0.500. The van der Waals surface area contributed by atoms with E-state index in [0.717, 1.165) is 36.6 Å². The van der Waals surface area contributed by atoms with Gasteiger partial charge in [-0.15, -0.1) is 11.3 Å². The van der Waals surface area contributed by atoms with Crippen LogP contribution in [-0.4, -0.2) is 60.6 Å². The highest BCUT2D eigenvalue weighted by Gasteiger charge is 2.20. The maximum atomic E-state index is 12.3. The molecule has 0 aliphatic carbocycles. The van der Waals surface area contributed by atoms with Gasteiger partial charge in [-0.3, -0.25) is 4.79 Å². The van der Waals surface area contributed by atoms with Crippen molar-refractivity contribution in [3.8, 4) is 11.8 Å². The van der Waals surface area contributed by atoms with Crippen LogP contribution in [0.4, 0.5) is 0 Å². The van der Waals surface area contributed by atoms with Crippen LogP contribution in [0.5, 0.6) is 0 Å². The number of piperazine rings is 1. The monoisotopic (exact) mass is 278 g/mol. The lowest BCUT2D eigenvalue weighted by molar-refractivity contribution is 0.0664.